The van der Waals surface area contributed by atoms with Gasteiger partial charge in [0.05, 0.1) is 22.5 Å². The summed E-state index contributed by atoms with van der Waals surface area (Å²) in [5.74, 6) is -0.329. The highest BCUT2D eigenvalue weighted by molar-refractivity contribution is 7.16. The zero-order chi connectivity index (χ0) is 16.4. The number of aromatic nitrogens is 4. The summed E-state index contributed by atoms with van der Waals surface area (Å²) in [6.07, 6.45) is 1.44. The maximum atomic E-state index is 12.3. The maximum absolute atomic E-state index is 12.3. The molecule has 1 amide bonds. The van der Waals surface area contributed by atoms with E-state index in [-0.39, 0.29) is 11.6 Å². The highest BCUT2D eigenvalue weighted by Gasteiger charge is 2.14. The third-order valence-electron chi connectivity index (χ3n) is 3.21. The first-order valence-corrected chi connectivity index (χ1v) is 8.84. The standard InChI is InChI=1S/C16H11N5OS2/c22-15(12-9-17-21(20-12)11-5-2-1-3-6-11)19-16-18-13(10-24-16)14-7-4-8-23-14/h1-10H,(H,18,19,22). The molecule has 6 nitrogen and oxygen atoms in total. The monoisotopic (exact) mass is 353 g/mol. The molecule has 24 heavy (non-hydrogen) atoms. The number of para-hydroxylation sites is 1. The molecule has 0 unspecified atom stereocenters. The molecule has 4 rings (SSSR count). The average molecular weight is 353 g/mol. The van der Waals surface area contributed by atoms with Gasteiger partial charge < -0.3 is 0 Å². The van der Waals surface area contributed by atoms with Crippen molar-refractivity contribution in [1.29, 1.82) is 0 Å². The predicted molar refractivity (Wildman–Crippen MR) is 94.7 cm³/mol. The molecule has 0 spiro atoms. The van der Waals surface area contributed by atoms with Gasteiger partial charge in [0.15, 0.2) is 10.8 Å². The molecule has 0 radical (unpaired) electrons. The van der Waals surface area contributed by atoms with Crippen molar-refractivity contribution in [2.45, 2.75) is 0 Å². The van der Waals surface area contributed by atoms with E-state index in [1.165, 1.54) is 22.3 Å². The van der Waals surface area contributed by atoms with Gasteiger partial charge in [-0.3, -0.25) is 10.1 Å². The van der Waals surface area contributed by atoms with E-state index in [4.69, 9.17) is 0 Å². The first kappa shape index (κ1) is 14.7. The van der Waals surface area contributed by atoms with Crippen molar-refractivity contribution >= 4 is 33.7 Å². The fourth-order valence-electron chi connectivity index (χ4n) is 2.08. The van der Waals surface area contributed by atoms with Crippen molar-refractivity contribution in [3.05, 3.63) is 65.1 Å². The van der Waals surface area contributed by atoms with Crippen LogP contribution in [0.4, 0.5) is 5.13 Å². The van der Waals surface area contributed by atoms with Gasteiger partial charge in [-0.15, -0.1) is 27.8 Å². The molecular weight excluding hydrogens is 342 g/mol. The Morgan fingerprint density at radius 1 is 1.08 bits per heavy atom. The molecule has 1 aromatic carbocycles. The van der Waals surface area contributed by atoms with Crippen LogP contribution in [-0.2, 0) is 0 Å². The number of thiophene rings is 1. The molecule has 0 saturated carbocycles. The van der Waals surface area contributed by atoms with Crippen LogP contribution in [0, 0.1) is 0 Å². The van der Waals surface area contributed by atoms with Gasteiger partial charge in [0.25, 0.3) is 5.91 Å². The molecule has 0 bridgehead atoms. The van der Waals surface area contributed by atoms with Crippen LogP contribution < -0.4 is 5.32 Å². The summed E-state index contributed by atoms with van der Waals surface area (Å²) >= 11 is 2.99. The van der Waals surface area contributed by atoms with Gasteiger partial charge in [-0.25, -0.2) is 4.98 Å². The van der Waals surface area contributed by atoms with E-state index in [0.29, 0.717) is 5.13 Å². The van der Waals surface area contributed by atoms with E-state index in [1.807, 2.05) is 53.2 Å². The molecule has 118 valence electrons. The molecule has 0 saturated heterocycles. The van der Waals surface area contributed by atoms with Crippen molar-refractivity contribution in [2.24, 2.45) is 0 Å². The number of nitrogens with one attached hydrogen (secondary N) is 1. The van der Waals surface area contributed by atoms with Crippen LogP contribution in [-0.4, -0.2) is 25.9 Å². The quantitative estimate of drug-likeness (QED) is 0.607. The summed E-state index contributed by atoms with van der Waals surface area (Å²) in [5, 5.41) is 15.5. The van der Waals surface area contributed by atoms with Gasteiger partial charge >= 0.3 is 0 Å². The highest BCUT2D eigenvalue weighted by Crippen LogP contribution is 2.28. The fraction of sp³-hybridized carbons (Fsp3) is 0. The smallest absolute Gasteiger partial charge is 0.279 e. The first-order chi connectivity index (χ1) is 11.8. The van der Waals surface area contributed by atoms with Crippen LogP contribution in [0.15, 0.2) is 59.4 Å². The summed E-state index contributed by atoms with van der Waals surface area (Å²) < 4.78 is 0. The third-order valence-corrected chi connectivity index (χ3v) is 4.86. The number of rotatable bonds is 4. The summed E-state index contributed by atoms with van der Waals surface area (Å²) in [6.45, 7) is 0. The Morgan fingerprint density at radius 2 is 1.96 bits per heavy atom. The van der Waals surface area contributed by atoms with Gasteiger partial charge in [-0.1, -0.05) is 24.3 Å². The van der Waals surface area contributed by atoms with E-state index in [1.54, 1.807) is 11.3 Å². The van der Waals surface area contributed by atoms with Crippen molar-refractivity contribution < 1.29 is 4.79 Å². The van der Waals surface area contributed by atoms with Gasteiger partial charge in [0, 0.05) is 5.38 Å². The summed E-state index contributed by atoms with van der Waals surface area (Å²) in [7, 11) is 0. The van der Waals surface area contributed by atoms with Crippen molar-refractivity contribution in [3.8, 4) is 16.3 Å². The largest absolute Gasteiger partial charge is 0.296 e. The zero-order valence-corrected chi connectivity index (χ0v) is 13.9. The number of hydrogen-bond acceptors (Lipinski definition) is 6. The van der Waals surface area contributed by atoms with Crippen LogP contribution in [0.3, 0.4) is 0 Å². The lowest BCUT2D eigenvalue weighted by Gasteiger charge is -1.98. The number of amides is 1. The normalized spacial score (nSPS) is 10.7. The average Bonchev–Trinajstić information content (AvgIpc) is 3.36. The number of hydrogen-bond donors (Lipinski definition) is 1. The molecule has 3 heterocycles. The minimum atomic E-state index is -0.329. The Morgan fingerprint density at radius 3 is 2.75 bits per heavy atom. The van der Waals surface area contributed by atoms with Crippen molar-refractivity contribution in [2.75, 3.05) is 5.32 Å². The van der Waals surface area contributed by atoms with Crippen LogP contribution in [0.1, 0.15) is 10.5 Å². The number of carbonyl (C=O) groups is 1. The zero-order valence-electron chi connectivity index (χ0n) is 12.3. The van der Waals surface area contributed by atoms with E-state index in [9.17, 15) is 4.79 Å². The molecule has 1 N–H and O–H groups in total. The maximum Gasteiger partial charge on any atom is 0.279 e. The predicted octanol–water partition coefficient (Wildman–Crippen LogP) is 3.70. The molecular formula is C16H11N5OS2. The Hall–Kier alpha value is -2.84. The van der Waals surface area contributed by atoms with Gasteiger partial charge in [0.1, 0.15) is 0 Å². The van der Waals surface area contributed by atoms with E-state index in [0.717, 1.165) is 16.3 Å². The van der Waals surface area contributed by atoms with Gasteiger partial charge in [-0.05, 0) is 23.6 Å². The van der Waals surface area contributed by atoms with Crippen LogP contribution in [0.5, 0.6) is 0 Å². The number of thiazole rings is 1. The molecule has 0 aliphatic rings. The second-order valence-electron chi connectivity index (χ2n) is 4.82. The second-order valence-corrected chi connectivity index (χ2v) is 6.63. The fourth-order valence-corrected chi connectivity index (χ4v) is 3.55. The molecule has 8 heteroatoms. The summed E-state index contributed by atoms with van der Waals surface area (Å²) in [5.41, 5.74) is 1.90. The van der Waals surface area contributed by atoms with Gasteiger partial charge in [0.2, 0.25) is 0 Å². The SMILES string of the molecule is O=C(Nc1nc(-c2cccs2)cs1)c1cnn(-c2ccccc2)n1. The Balaban J connectivity index is 1.50. The molecule has 0 aliphatic heterocycles. The molecule has 0 atom stereocenters. The minimum Gasteiger partial charge on any atom is -0.296 e. The lowest BCUT2D eigenvalue weighted by molar-refractivity contribution is 0.102. The lowest BCUT2D eigenvalue weighted by atomic mass is 10.3. The van der Waals surface area contributed by atoms with Crippen LogP contribution in [0.25, 0.3) is 16.3 Å². The Kier molecular flexibility index (Phi) is 3.89. The van der Waals surface area contributed by atoms with Crippen molar-refractivity contribution in [1.82, 2.24) is 20.0 Å². The lowest BCUT2D eigenvalue weighted by Crippen LogP contribution is -2.13. The van der Waals surface area contributed by atoms with E-state index < -0.39 is 0 Å². The van der Waals surface area contributed by atoms with Crippen LogP contribution in [0.2, 0.25) is 0 Å². The number of anilines is 1. The Bertz CT molecular complexity index is 959. The van der Waals surface area contributed by atoms with Crippen molar-refractivity contribution in [3.63, 3.8) is 0 Å². The topological polar surface area (TPSA) is 72.7 Å². The third kappa shape index (κ3) is 2.97. The Labute approximate surface area is 145 Å². The second kappa shape index (κ2) is 6.34. The molecule has 3 aromatic heterocycles. The molecule has 0 aliphatic carbocycles. The summed E-state index contributed by atoms with van der Waals surface area (Å²) in [4.78, 5) is 19.2. The van der Waals surface area contributed by atoms with E-state index >= 15 is 0 Å². The minimum absolute atomic E-state index is 0.242. The highest BCUT2D eigenvalue weighted by atomic mass is 32.1. The number of nitrogens with zero attached hydrogens (tertiary/aromatic N) is 4. The number of benzene rings is 1. The van der Waals surface area contributed by atoms with Gasteiger partial charge in [-0.2, -0.15) is 9.90 Å². The first-order valence-electron chi connectivity index (χ1n) is 7.08. The van der Waals surface area contributed by atoms with Crippen LogP contribution >= 0.6 is 22.7 Å². The summed E-state index contributed by atoms with van der Waals surface area (Å²) in [6, 6.07) is 13.4. The number of carbonyl (C=O) groups excluding carboxylic acids is 1. The molecule has 0 fully saturated rings. The van der Waals surface area contributed by atoms with E-state index in [2.05, 4.69) is 20.5 Å². The molecule has 4 aromatic rings.